The standard InChI is InChI=1S/C22H24N4S/c1-15(2)12-24-22-26(25-18(5)20-7-6-10-23-13-20)21(14-27-22)19-9-8-16(3)17(4)11-19/h6-11,13-14H,1,12H2,2-5H3. The first kappa shape index (κ1) is 19.0. The summed E-state index contributed by atoms with van der Waals surface area (Å²) >= 11 is 1.59. The smallest absolute Gasteiger partial charge is 0.206 e. The van der Waals surface area contributed by atoms with Crippen LogP contribution in [0.15, 0.2) is 70.4 Å². The fourth-order valence-corrected chi connectivity index (χ4v) is 3.42. The average Bonchev–Trinajstić information content (AvgIpc) is 3.05. The number of nitrogens with zero attached hydrogens (tertiary/aromatic N) is 4. The second-order valence-electron chi connectivity index (χ2n) is 6.71. The third kappa shape index (κ3) is 4.49. The lowest BCUT2D eigenvalue weighted by Gasteiger charge is -2.08. The molecule has 3 aromatic rings. The van der Waals surface area contributed by atoms with Gasteiger partial charge in [0.15, 0.2) is 0 Å². The van der Waals surface area contributed by atoms with Crippen molar-refractivity contribution in [3.63, 3.8) is 0 Å². The van der Waals surface area contributed by atoms with Crippen LogP contribution >= 0.6 is 11.3 Å². The minimum atomic E-state index is 0.592. The number of rotatable bonds is 5. The van der Waals surface area contributed by atoms with Crippen LogP contribution in [0.4, 0.5) is 0 Å². The van der Waals surface area contributed by atoms with Crippen molar-refractivity contribution in [2.45, 2.75) is 27.7 Å². The molecule has 0 saturated carbocycles. The summed E-state index contributed by atoms with van der Waals surface area (Å²) in [7, 11) is 0. The van der Waals surface area contributed by atoms with Crippen LogP contribution in [0.25, 0.3) is 11.3 Å². The predicted molar refractivity (Wildman–Crippen MR) is 114 cm³/mol. The van der Waals surface area contributed by atoms with Crippen molar-refractivity contribution >= 4 is 17.0 Å². The van der Waals surface area contributed by atoms with Gasteiger partial charge >= 0.3 is 0 Å². The topological polar surface area (TPSA) is 42.5 Å². The molecule has 5 heteroatoms. The summed E-state index contributed by atoms with van der Waals surface area (Å²) in [5.74, 6) is 0. The highest BCUT2D eigenvalue weighted by Crippen LogP contribution is 2.23. The van der Waals surface area contributed by atoms with Crippen LogP contribution in [0, 0.1) is 13.8 Å². The van der Waals surface area contributed by atoms with Gasteiger partial charge in [-0.15, -0.1) is 11.3 Å². The van der Waals surface area contributed by atoms with E-state index in [2.05, 4.69) is 49.0 Å². The Kier molecular flexibility index (Phi) is 5.81. The van der Waals surface area contributed by atoms with Crippen molar-refractivity contribution < 1.29 is 0 Å². The summed E-state index contributed by atoms with van der Waals surface area (Å²) in [4.78, 5) is 9.75. The van der Waals surface area contributed by atoms with Crippen LogP contribution in [0.5, 0.6) is 0 Å². The molecule has 0 aliphatic carbocycles. The van der Waals surface area contributed by atoms with Gasteiger partial charge in [0.25, 0.3) is 0 Å². The Balaban J connectivity index is 2.16. The van der Waals surface area contributed by atoms with Crippen molar-refractivity contribution in [2.24, 2.45) is 10.1 Å². The molecule has 3 rings (SSSR count). The van der Waals surface area contributed by atoms with E-state index in [9.17, 15) is 0 Å². The van der Waals surface area contributed by atoms with Crippen LogP contribution in [0.1, 0.15) is 30.5 Å². The van der Waals surface area contributed by atoms with Crippen LogP contribution in [-0.2, 0) is 0 Å². The van der Waals surface area contributed by atoms with Gasteiger partial charge in [0.2, 0.25) is 4.80 Å². The molecule has 1 aromatic carbocycles. The number of aromatic nitrogens is 2. The summed E-state index contributed by atoms with van der Waals surface area (Å²) in [6.45, 7) is 12.8. The van der Waals surface area contributed by atoms with Crippen LogP contribution < -0.4 is 4.80 Å². The Morgan fingerprint density at radius 1 is 1.19 bits per heavy atom. The molecule has 0 N–H and O–H groups in total. The zero-order valence-electron chi connectivity index (χ0n) is 16.2. The van der Waals surface area contributed by atoms with Gasteiger partial charge in [0, 0.05) is 28.9 Å². The summed E-state index contributed by atoms with van der Waals surface area (Å²) in [6.07, 6.45) is 3.59. The lowest BCUT2D eigenvalue weighted by atomic mass is 10.1. The number of pyridine rings is 1. The van der Waals surface area contributed by atoms with Crippen LogP contribution in [0.2, 0.25) is 0 Å². The zero-order valence-corrected chi connectivity index (χ0v) is 17.0. The van der Waals surface area contributed by atoms with E-state index in [-0.39, 0.29) is 0 Å². The lowest BCUT2D eigenvalue weighted by Crippen LogP contribution is -2.15. The maximum absolute atomic E-state index is 4.88. The van der Waals surface area contributed by atoms with Gasteiger partial charge in [0.05, 0.1) is 18.0 Å². The molecule has 0 fully saturated rings. The van der Waals surface area contributed by atoms with Crippen molar-refractivity contribution in [2.75, 3.05) is 6.54 Å². The molecular weight excluding hydrogens is 352 g/mol. The van der Waals surface area contributed by atoms with E-state index in [0.717, 1.165) is 32.9 Å². The highest BCUT2D eigenvalue weighted by molar-refractivity contribution is 7.07. The SMILES string of the molecule is C=C(C)CN=c1scc(-c2ccc(C)c(C)c2)n1N=C(C)c1cccnc1. The second kappa shape index (κ2) is 8.27. The van der Waals surface area contributed by atoms with Gasteiger partial charge in [-0.25, -0.2) is 4.68 Å². The molecule has 0 unspecified atom stereocenters. The maximum Gasteiger partial charge on any atom is 0.206 e. The van der Waals surface area contributed by atoms with Crippen molar-refractivity contribution in [1.29, 1.82) is 0 Å². The third-order valence-electron chi connectivity index (χ3n) is 4.30. The Morgan fingerprint density at radius 3 is 2.67 bits per heavy atom. The number of aryl methyl sites for hydroxylation is 2. The number of hydrogen-bond acceptors (Lipinski definition) is 4. The average molecular weight is 377 g/mol. The first-order valence-corrected chi connectivity index (χ1v) is 9.72. The first-order chi connectivity index (χ1) is 13.0. The lowest BCUT2D eigenvalue weighted by molar-refractivity contribution is 0.830. The Labute approximate surface area is 164 Å². The molecule has 0 amide bonds. The van der Waals surface area contributed by atoms with E-state index in [1.807, 2.05) is 36.9 Å². The number of hydrogen-bond donors (Lipinski definition) is 0. The minimum absolute atomic E-state index is 0.592. The number of benzene rings is 1. The third-order valence-corrected chi connectivity index (χ3v) is 5.16. The molecule has 0 aliphatic rings. The van der Waals surface area contributed by atoms with Crippen LogP contribution in [0.3, 0.4) is 0 Å². The van der Waals surface area contributed by atoms with E-state index in [1.54, 1.807) is 17.5 Å². The van der Waals surface area contributed by atoms with Crippen molar-refractivity contribution in [3.8, 4) is 11.3 Å². The van der Waals surface area contributed by atoms with E-state index >= 15 is 0 Å². The molecule has 0 spiro atoms. The van der Waals surface area contributed by atoms with Crippen LogP contribution in [-0.4, -0.2) is 21.9 Å². The largest absolute Gasteiger partial charge is 0.264 e. The fourth-order valence-electron chi connectivity index (χ4n) is 2.59. The molecule has 0 atom stereocenters. The molecule has 2 heterocycles. The van der Waals surface area contributed by atoms with E-state index < -0.39 is 0 Å². The molecule has 2 aromatic heterocycles. The predicted octanol–water partition coefficient (Wildman–Crippen LogP) is 4.98. The van der Waals surface area contributed by atoms with Gasteiger partial charge in [0.1, 0.15) is 0 Å². The monoisotopic (exact) mass is 376 g/mol. The Bertz CT molecular complexity index is 1060. The van der Waals surface area contributed by atoms with Gasteiger partial charge in [-0.05, 0) is 51.0 Å². The maximum atomic E-state index is 4.88. The normalized spacial score (nSPS) is 12.4. The number of thiazole rings is 1. The highest BCUT2D eigenvalue weighted by atomic mass is 32.1. The molecule has 0 bridgehead atoms. The molecule has 0 aliphatic heterocycles. The quantitative estimate of drug-likeness (QED) is 0.457. The van der Waals surface area contributed by atoms with Crippen molar-refractivity contribution in [1.82, 2.24) is 9.66 Å². The van der Waals surface area contributed by atoms with Gasteiger partial charge in [-0.3, -0.25) is 9.98 Å². The minimum Gasteiger partial charge on any atom is -0.264 e. The molecule has 138 valence electrons. The van der Waals surface area contributed by atoms with E-state index in [1.165, 1.54) is 11.1 Å². The highest BCUT2D eigenvalue weighted by Gasteiger charge is 2.10. The summed E-state index contributed by atoms with van der Waals surface area (Å²) in [6, 6.07) is 10.4. The Morgan fingerprint density at radius 2 is 2.00 bits per heavy atom. The zero-order chi connectivity index (χ0) is 19.4. The summed E-state index contributed by atoms with van der Waals surface area (Å²) in [5.41, 5.74) is 7.62. The van der Waals surface area contributed by atoms with Gasteiger partial charge < -0.3 is 0 Å². The van der Waals surface area contributed by atoms with Crippen molar-refractivity contribution in [3.05, 3.63) is 81.7 Å². The fraction of sp³-hybridized carbons (Fsp3) is 0.227. The van der Waals surface area contributed by atoms with Gasteiger partial charge in [-0.1, -0.05) is 30.4 Å². The molecule has 4 nitrogen and oxygen atoms in total. The van der Waals surface area contributed by atoms with E-state index in [4.69, 9.17) is 10.1 Å². The van der Waals surface area contributed by atoms with E-state index in [0.29, 0.717) is 6.54 Å². The molecule has 0 radical (unpaired) electrons. The summed E-state index contributed by atoms with van der Waals surface area (Å²) < 4.78 is 1.93. The second-order valence-corrected chi connectivity index (χ2v) is 7.55. The first-order valence-electron chi connectivity index (χ1n) is 8.84. The molecule has 0 saturated heterocycles. The summed E-state index contributed by atoms with van der Waals surface area (Å²) in [5, 5.41) is 6.99. The Hall–Kier alpha value is -2.79. The molecule has 27 heavy (non-hydrogen) atoms. The molecular formula is C22H24N4S. The van der Waals surface area contributed by atoms with Gasteiger partial charge in [-0.2, -0.15) is 5.10 Å².